The third kappa shape index (κ3) is 4.98. The largest absolute Gasteiger partial charge is 0.373 e. The van der Waals surface area contributed by atoms with Gasteiger partial charge < -0.3 is 10.6 Å². The van der Waals surface area contributed by atoms with E-state index < -0.39 is 0 Å². The summed E-state index contributed by atoms with van der Waals surface area (Å²) in [5.41, 5.74) is 3.27. The van der Waals surface area contributed by atoms with Crippen molar-refractivity contribution >= 4 is 11.7 Å². The van der Waals surface area contributed by atoms with Crippen molar-refractivity contribution in [2.45, 2.75) is 57.4 Å². The number of nitrogens with one attached hydrogen (secondary N) is 2. The third-order valence-electron chi connectivity index (χ3n) is 5.80. The molecule has 0 aliphatic heterocycles. The molecule has 1 atom stereocenters. The number of carbonyl (C=O) groups excluding carboxylic acids is 1. The van der Waals surface area contributed by atoms with Crippen LogP contribution in [-0.2, 0) is 18.9 Å². The maximum absolute atomic E-state index is 13.3. The summed E-state index contributed by atoms with van der Waals surface area (Å²) in [5, 5.41) is 10.9. The fourth-order valence-corrected chi connectivity index (χ4v) is 3.70. The summed E-state index contributed by atoms with van der Waals surface area (Å²) in [6, 6.07) is 13.7. The standard InChI is InChI=1S/C25H32N6O/c1-25(2,3)21-15-20(31(5)30-21)24(32)28-19(16-9-7-6-8-10-16)13-18-14-22(26-4)29-23(27-18)17-11-12-17/h6-10,14-15,17,19H,11-13H2,1-5H3,(H,28,32)(H,26,27,29)/t19-/m1/s1. The number of carbonyl (C=O) groups is 1. The lowest BCUT2D eigenvalue weighted by Gasteiger charge is -2.20. The molecule has 2 heterocycles. The Kier molecular flexibility index (Phi) is 6.00. The van der Waals surface area contributed by atoms with E-state index in [1.807, 2.05) is 56.6 Å². The van der Waals surface area contributed by atoms with Crippen molar-refractivity contribution in [3.8, 4) is 0 Å². The van der Waals surface area contributed by atoms with Crippen LogP contribution in [0.15, 0.2) is 42.5 Å². The number of rotatable bonds is 7. The van der Waals surface area contributed by atoms with Crippen LogP contribution < -0.4 is 10.6 Å². The van der Waals surface area contributed by atoms with E-state index in [1.54, 1.807) is 4.68 Å². The van der Waals surface area contributed by atoms with Gasteiger partial charge in [-0.3, -0.25) is 9.48 Å². The predicted octanol–water partition coefficient (Wildman–Crippen LogP) is 4.14. The van der Waals surface area contributed by atoms with E-state index in [9.17, 15) is 4.79 Å². The molecule has 2 N–H and O–H groups in total. The average molecular weight is 433 g/mol. The van der Waals surface area contributed by atoms with Crippen molar-refractivity contribution in [2.24, 2.45) is 7.05 Å². The first-order valence-corrected chi connectivity index (χ1v) is 11.2. The Labute approximate surface area is 189 Å². The zero-order valence-corrected chi connectivity index (χ0v) is 19.5. The van der Waals surface area contributed by atoms with Gasteiger partial charge in [0.1, 0.15) is 17.3 Å². The lowest BCUT2D eigenvalue weighted by Crippen LogP contribution is -2.31. The van der Waals surface area contributed by atoms with E-state index in [4.69, 9.17) is 4.98 Å². The third-order valence-corrected chi connectivity index (χ3v) is 5.80. The highest BCUT2D eigenvalue weighted by Gasteiger charge is 2.28. The fraction of sp³-hybridized carbons (Fsp3) is 0.440. The van der Waals surface area contributed by atoms with Crippen molar-refractivity contribution in [3.63, 3.8) is 0 Å². The number of hydrogen-bond donors (Lipinski definition) is 2. The van der Waals surface area contributed by atoms with E-state index in [1.165, 1.54) is 0 Å². The van der Waals surface area contributed by atoms with Crippen molar-refractivity contribution in [2.75, 3.05) is 12.4 Å². The number of aromatic nitrogens is 4. The fourth-order valence-electron chi connectivity index (χ4n) is 3.70. The van der Waals surface area contributed by atoms with Crippen LogP contribution in [0.3, 0.4) is 0 Å². The molecule has 1 aromatic carbocycles. The molecular formula is C25H32N6O. The number of anilines is 1. The van der Waals surface area contributed by atoms with E-state index in [2.05, 4.69) is 41.5 Å². The Morgan fingerprint density at radius 1 is 1.16 bits per heavy atom. The topological polar surface area (TPSA) is 84.7 Å². The molecule has 4 rings (SSSR count). The Morgan fingerprint density at radius 3 is 2.47 bits per heavy atom. The lowest BCUT2D eigenvalue weighted by molar-refractivity contribution is 0.0927. The van der Waals surface area contributed by atoms with E-state index in [0.29, 0.717) is 18.0 Å². The molecule has 1 fully saturated rings. The molecule has 0 unspecified atom stereocenters. The van der Waals surface area contributed by atoms with E-state index >= 15 is 0 Å². The lowest BCUT2D eigenvalue weighted by atomic mass is 9.92. The van der Waals surface area contributed by atoms with Crippen LogP contribution in [0.4, 0.5) is 5.82 Å². The smallest absolute Gasteiger partial charge is 0.270 e. The summed E-state index contributed by atoms with van der Waals surface area (Å²) in [7, 11) is 3.68. The number of aryl methyl sites for hydroxylation is 1. The van der Waals surface area contributed by atoms with Gasteiger partial charge in [-0.1, -0.05) is 51.1 Å². The summed E-state index contributed by atoms with van der Waals surface area (Å²) < 4.78 is 1.66. The SMILES string of the molecule is CNc1cc(C[C@@H](NC(=O)c2cc(C(C)(C)C)nn2C)c2ccccc2)nc(C2CC2)n1. The molecule has 1 amide bonds. The van der Waals surface area contributed by atoms with Gasteiger partial charge in [-0.15, -0.1) is 0 Å². The van der Waals surface area contributed by atoms with Gasteiger partial charge in [0.25, 0.3) is 5.91 Å². The van der Waals surface area contributed by atoms with Crippen molar-refractivity contribution in [1.82, 2.24) is 25.1 Å². The van der Waals surface area contributed by atoms with Crippen LogP contribution in [-0.4, -0.2) is 32.7 Å². The molecule has 168 valence electrons. The summed E-state index contributed by atoms with van der Waals surface area (Å²) in [5.74, 6) is 2.02. The number of hydrogen-bond acceptors (Lipinski definition) is 5. The first-order chi connectivity index (χ1) is 15.2. The van der Waals surface area contributed by atoms with Crippen LogP contribution in [0.2, 0.25) is 0 Å². The van der Waals surface area contributed by atoms with Crippen LogP contribution in [0.1, 0.15) is 78.8 Å². The summed E-state index contributed by atoms with van der Waals surface area (Å²) >= 11 is 0. The molecule has 7 nitrogen and oxygen atoms in total. The van der Waals surface area contributed by atoms with Crippen molar-refractivity contribution in [3.05, 3.63) is 70.9 Å². The first kappa shape index (κ1) is 22.0. The Hall–Kier alpha value is -3.22. The van der Waals surface area contributed by atoms with Gasteiger partial charge in [-0.05, 0) is 24.5 Å². The monoisotopic (exact) mass is 432 g/mol. The molecule has 0 spiro atoms. The van der Waals surface area contributed by atoms with Gasteiger partial charge in [0.05, 0.1) is 11.7 Å². The highest BCUT2D eigenvalue weighted by Crippen LogP contribution is 2.38. The minimum atomic E-state index is -0.219. The second-order valence-electron chi connectivity index (χ2n) is 9.56. The molecule has 1 saturated carbocycles. The van der Waals surface area contributed by atoms with Crippen LogP contribution >= 0.6 is 0 Å². The van der Waals surface area contributed by atoms with Crippen molar-refractivity contribution < 1.29 is 4.79 Å². The van der Waals surface area contributed by atoms with Gasteiger partial charge in [-0.2, -0.15) is 5.10 Å². The number of amides is 1. The Balaban J connectivity index is 1.62. The minimum Gasteiger partial charge on any atom is -0.373 e. The maximum Gasteiger partial charge on any atom is 0.270 e. The summed E-state index contributed by atoms with van der Waals surface area (Å²) in [4.78, 5) is 22.7. The molecule has 1 aliphatic rings. The molecule has 0 radical (unpaired) electrons. The molecule has 7 heteroatoms. The number of nitrogens with zero attached hydrogens (tertiary/aromatic N) is 4. The molecule has 0 saturated heterocycles. The average Bonchev–Trinajstić information content (AvgIpc) is 3.54. The Morgan fingerprint density at radius 2 is 1.88 bits per heavy atom. The van der Waals surface area contributed by atoms with Gasteiger partial charge in [-0.25, -0.2) is 9.97 Å². The number of benzene rings is 1. The predicted molar refractivity (Wildman–Crippen MR) is 126 cm³/mol. The van der Waals surface area contributed by atoms with Gasteiger partial charge in [0.2, 0.25) is 0 Å². The highest BCUT2D eigenvalue weighted by atomic mass is 16.2. The molecule has 0 bridgehead atoms. The molecule has 32 heavy (non-hydrogen) atoms. The maximum atomic E-state index is 13.3. The van der Waals surface area contributed by atoms with Crippen molar-refractivity contribution in [1.29, 1.82) is 0 Å². The molecule has 1 aliphatic carbocycles. The Bertz CT molecular complexity index is 1100. The normalized spacial score (nSPS) is 14.8. The zero-order chi connectivity index (χ0) is 22.9. The summed E-state index contributed by atoms with van der Waals surface area (Å²) in [6.07, 6.45) is 2.86. The minimum absolute atomic E-state index is 0.126. The zero-order valence-electron chi connectivity index (χ0n) is 19.5. The van der Waals surface area contributed by atoms with E-state index in [-0.39, 0.29) is 17.4 Å². The quantitative estimate of drug-likeness (QED) is 0.586. The van der Waals surface area contributed by atoms with Gasteiger partial charge in [0.15, 0.2) is 0 Å². The second-order valence-corrected chi connectivity index (χ2v) is 9.56. The first-order valence-electron chi connectivity index (χ1n) is 11.2. The van der Waals surface area contributed by atoms with Crippen LogP contribution in [0.25, 0.3) is 0 Å². The highest BCUT2D eigenvalue weighted by molar-refractivity contribution is 5.93. The van der Waals surface area contributed by atoms with Crippen LogP contribution in [0.5, 0.6) is 0 Å². The molecule has 2 aromatic heterocycles. The molecular weight excluding hydrogens is 400 g/mol. The van der Waals surface area contributed by atoms with Crippen LogP contribution in [0, 0.1) is 0 Å². The molecule has 3 aromatic rings. The van der Waals surface area contributed by atoms with Gasteiger partial charge in [0, 0.05) is 43.6 Å². The van der Waals surface area contributed by atoms with Gasteiger partial charge >= 0.3 is 0 Å². The van der Waals surface area contributed by atoms with E-state index in [0.717, 1.165) is 41.4 Å². The second kappa shape index (κ2) is 8.73. The summed E-state index contributed by atoms with van der Waals surface area (Å²) in [6.45, 7) is 6.28.